The third-order valence-electron chi connectivity index (χ3n) is 4.01. The minimum absolute atomic E-state index is 0.463. The molecule has 4 nitrogen and oxygen atoms in total. The fourth-order valence-electron chi connectivity index (χ4n) is 3.00. The number of likely N-dealkylation sites (N-methyl/N-ethyl adjacent to an activating group) is 1. The van der Waals surface area contributed by atoms with Crippen molar-refractivity contribution in [2.45, 2.75) is 13.0 Å². The van der Waals surface area contributed by atoms with Crippen LogP contribution < -0.4 is 4.90 Å². The summed E-state index contributed by atoms with van der Waals surface area (Å²) >= 11 is 0. The third-order valence-corrected chi connectivity index (χ3v) is 4.01. The topological polar surface area (TPSA) is 43.2 Å². The molecule has 0 amide bonds. The Hall–Kier alpha value is -2.12. The molecule has 1 aromatic heterocycles. The molecule has 102 valence electrons. The van der Waals surface area contributed by atoms with Crippen LogP contribution >= 0.6 is 0 Å². The molecule has 1 fully saturated rings. The maximum atomic E-state index is 9.21. The Morgan fingerprint density at radius 1 is 1.30 bits per heavy atom. The van der Waals surface area contributed by atoms with Crippen molar-refractivity contribution in [2.75, 3.05) is 31.6 Å². The maximum Gasteiger partial charge on any atom is 0.101 e. The van der Waals surface area contributed by atoms with E-state index in [4.69, 9.17) is 0 Å². The summed E-state index contributed by atoms with van der Waals surface area (Å²) in [7, 11) is 2.16. The van der Waals surface area contributed by atoms with E-state index < -0.39 is 0 Å². The van der Waals surface area contributed by atoms with Crippen LogP contribution in [0.5, 0.6) is 0 Å². The van der Waals surface area contributed by atoms with Crippen LogP contribution in [-0.2, 0) is 0 Å². The molecule has 3 rings (SSSR count). The normalized spacial score (nSPS) is 20.1. The van der Waals surface area contributed by atoms with Gasteiger partial charge < -0.3 is 9.80 Å². The van der Waals surface area contributed by atoms with E-state index in [2.05, 4.69) is 47.0 Å². The average molecular weight is 266 g/mol. The molecule has 0 spiro atoms. The van der Waals surface area contributed by atoms with Gasteiger partial charge in [-0.25, -0.2) is 0 Å². The molecule has 0 radical (unpaired) electrons. The van der Waals surface area contributed by atoms with Crippen molar-refractivity contribution in [1.29, 1.82) is 5.26 Å². The molecule has 1 atom stereocenters. The zero-order valence-corrected chi connectivity index (χ0v) is 11.9. The molecule has 20 heavy (non-hydrogen) atoms. The third kappa shape index (κ3) is 2.10. The number of nitriles is 1. The molecule has 2 heterocycles. The summed E-state index contributed by atoms with van der Waals surface area (Å²) in [6.45, 7) is 5.37. The van der Waals surface area contributed by atoms with Gasteiger partial charge >= 0.3 is 0 Å². The first-order valence-electron chi connectivity index (χ1n) is 6.93. The van der Waals surface area contributed by atoms with Crippen LogP contribution in [0.2, 0.25) is 0 Å². The Labute approximate surface area is 119 Å². The van der Waals surface area contributed by atoms with Gasteiger partial charge in [-0.05, 0) is 38.2 Å². The van der Waals surface area contributed by atoms with E-state index in [0.29, 0.717) is 11.6 Å². The lowest BCUT2D eigenvalue weighted by molar-refractivity contribution is 0.276. The molecule has 0 N–H and O–H groups in total. The van der Waals surface area contributed by atoms with Crippen LogP contribution in [0.15, 0.2) is 30.5 Å². The average Bonchev–Trinajstić information content (AvgIpc) is 2.47. The molecule has 1 aromatic carbocycles. The number of pyridine rings is 1. The summed E-state index contributed by atoms with van der Waals surface area (Å²) in [6, 6.07) is 10.6. The Kier molecular flexibility index (Phi) is 3.29. The van der Waals surface area contributed by atoms with Crippen molar-refractivity contribution >= 4 is 16.6 Å². The number of benzene rings is 1. The van der Waals surface area contributed by atoms with E-state index in [0.717, 1.165) is 30.5 Å². The van der Waals surface area contributed by atoms with Crippen LogP contribution in [0, 0.1) is 11.3 Å². The zero-order valence-electron chi connectivity index (χ0n) is 11.9. The number of hydrogen-bond donors (Lipinski definition) is 0. The molecule has 1 aliphatic heterocycles. The summed E-state index contributed by atoms with van der Waals surface area (Å²) in [5.41, 5.74) is 2.64. The quantitative estimate of drug-likeness (QED) is 0.794. The molecular formula is C16H18N4. The van der Waals surface area contributed by atoms with Gasteiger partial charge in [0.15, 0.2) is 0 Å². The number of fused-ring (bicyclic) bond motifs is 1. The minimum Gasteiger partial charge on any atom is -0.366 e. The molecule has 1 unspecified atom stereocenters. The van der Waals surface area contributed by atoms with Crippen LogP contribution in [-0.4, -0.2) is 42.6 Å². The molecule has 4 heteroatoms. The van der Waals surface area contributed by atoms with Crippen molar-refractivity contribution < 1.29 is 0 Å². The highest BCUT2D eigenvalue weighted by atomic mass is 15.3. The Morgan fingerprint density at radius 2 is 2.15 bits per heavy atom. The van der Waals surface area contributed by atoms with Crippen LogP contribution in [0.1, 0.15) is 12.5 Å². The summed E-state index contributed by atoms with van der Waals surface area (Å²) < 4.78 is 0. The Morgan fingerprint density at radius 3 is 2.90 bits per heavy atom. The largest absolute Gasteiger partial charge is 0.366 e. The van der Waals surface area contributed by atoms with E-state index >= 15 is 0 Å². The van der Waals surface area contributed by atoms with Crippen LogP contribution in [0.3, 0.4) is 0 Å². The summed E-state index contributed by atoms with van der Waals surface area (Å²) in [5.74, 6) is 0. The smallest absolute Gasteiger partial charge is 0.101 e. The molecule has 0 aliphatic carbocycles. The summed E-state index contributed by atoms with van der Waals surface area (Å²) in [6.07, 6.45) is 1.75. The number of hydrogen-bond acceptors (Lipinski definition) is 4. The summed E-state index contributed by atoms with van der Waals surface area (Å²) in [4.78, 5) is 9.16. The second-order valence-electron chi connectivity index (χ2n) is 5.45. The predicted octanol–water partition coefficient (Wildman–Crippen LogP) is 2.25. The lowest BCUT2D eigenvalue weighted by Crippen LogP contribution is -2.50. The van der Waals surface area contributed by atoms with Gasteiger partial charge in [0.2, 0.25) is 0 Å². The van der Waals surface area contributed by atoms with Crippen molar-refractivity contribution in [3.63, 3.8) is 0 Å². The second kappa shape index (κ2) is 5.10. The monoisotopic (exact) mass is 266 g/mol. The van der Waals surface area contributed by atoms with Gasteiger partial charge in [0.1, 0.15) is 6.07 Å². The molecule has 0 saturated carbocycles. The highest BCUT2D eigenvalue weighted by Gasteiger charge is 2.23. The van der Waals surface area contributed by atoms with Crippen LogP contribution in [0.25, 0.3) is 10.9 Å². The van der Waals surface area contributed by atoms with E-state index in [1.807, 2.05) is 12.1 Å². The Balaban J connectivity index is 2.11. The number of piperazine rings is 1. The van der Waals surface area contributed by atoms with E-state index in [-0.39, 0.29) is 0 Å². The van der Waals surface area contributed by atoms with Gasteiger partial charge in [-0.2, -0.15) is 5.26 Å². The number of anilines is 1. The van der Waals surface area contributed by atoms with Crippen molar-refractivity contribution in [3.05, 3.63) is 36.0 Å². The minimum atomic E-state index is 0.463. The predicted molar refractivity (Wildman–Crippen MR) is 80.8 cm³/mol. The fraction of sp³-hybridized carbons (Fsp3) is 0.375. The van der Waals surface area contributed by atoms with Gasteiger partial charge in [0.25, 0.3) is 0 Å². The van der Waals surface area contributed by atoms with E-state index in [1.165, 1.54) is 5.69 Å². The van der Waals surface area contributed by atoms with E-state index in [9.17, 15) is 5.26 Å². The van der Waals surface area contributed by atoms with Crippen molar-refractivity contribution in [3.8, 4) is 6.07 Å². The van der Waals surface area contributed by atoms with Gasteiger partial charge in [-0.15, -0.1) is 0 Å². The summed E-state index contributed by atoms with van der Waals surface area (Å²) in [5, 5.41) is 10.3. The zero-order chi connectivity index (χ0) is 14.1. The lowest BCUT2D eigenvalue weighted by Gasteiger charge is -2.40. The van der Waals surface area contributed by atoms with Gasteiger partial charge in [0, 0.05) is 42.9 Å². The molecule has 0 bridgehead atoms. The number of rotatable bonds is 1. The number of aromatic nitrogens is 1. The highest BCUT2D eigenvalue weighted by Crippen LogP contribution is 2.30. The number of nitrogens with zero attached hydrogens (tertiary/aromatic N) is 4. The lowest BCUT2D eigenvalue weighted by atomic mass is 10.1. The first-order valence-corrected chi connectivity index (χ1v) is 6.93. The molecular weight excluding hydrogens is 248 g/mol. The standard InChI is InChI=1S/C16H18N4/c1-12-11-19(2)8-9-20(12)15-6-5-13(10-17)16-14(15)4-3-7-18-16/h3-7,12H,8-9,11H2,1-2H3. The van der Waals surface area contributed by atoms with Gasteiger partial charge in [-0.3, -0.25) is 4.98 Å². The molecule has 2 aromatic rings. The SMILES string of the molecule is CC1CN(C)CCN1c1ccc(C#N)c2ncccc12. The van der Waals surface area contributed by atoms with Crippen molar-refractivity contribution in [1.82, 2.24) is 9.88 Å². The first-order chi connectivity index (χ1) is 9.70. The van der Waals surface area contributed by atoms with E-state index in [1.54, 1.807) is 6.20 Å². The second-order valence-corrected chi connectivity index (χ2v) is 5.45. The maximum absolute atomic E-state index is 9.21. The Bertz CT molecular complexity index is 674. The fourth-order valence-corrected chi connectivity index (χ4v) is 3.00. The van der Waals surface area contributed by atoms with Gasteiger partial charge in [0.05, 0.1) is 11.1 Å². The molecule has 1 aliphatic rings. The van der Waals surface area contributed by atoms with Crippen LogP contribution in [0.4, 0.5) is 5.69 Å². The highest BCUT2D eigenvalue weighted by molar-refractivity contribution is 5.95. The van der Waals surface area contributed by atoms with Gasteiger partial charge in [-0.1, -0.05) is 0 Å². The first kappa shape index (κ1) is 12.9. The molecule has 1 saturated heterocycles. The van der Waals surface area contributed by atoms with Crippen molar-refractivity contribution in [2.24, 2.45) is 0 Å².